The molecule has 1 aliphatic rings. The van der Waals surface area contributed by atoms with Crippen LogP contribution in [0.2, 0.25) is 0 Å². The first-order valence-corrected chi connectivity index (χ1v) is 8.17. The second-order valence-corrected chi connectivity index (χ2v) is 6.20. The third kappa shape index (κ3) is 4.35. The van der Waals surface area contributed by atoms with Crippen LogP contribution in [-0.2, 0) is 11.3 Å². The molecule has 6 heteroatoms. The molecule has 1 atom stereocenters. The van der Waals surface area contributed by atoms with Gasteiger partial charge in [-0.05, 0) is 30.7 Å². The smallest absolute Gasteiger partial charge is 0.315 e. The van der Waals surface area contributed by atoms with Crippen molar-refractivity contribution in [1.29, 1.82) is 0 Å². The van der Waals surface area contributed by atoms with Gasteiger partial charge in [-0.1, -0.05) is 35.9 Å². The molecule has 2 aromatic carbocycles. The molecule has 0 bridgehead atoms. The molecule has 5 nitrogen and oxygen atoms in total. The van der Waals surface area contributed by atoms with Crippen LogP contribution < -0.4 is 15.5 Å². The monoisotopic (exact) mass is 341 g/mol. The topological polar surface area (TPSA) is 61.4 Å². The fourth-order valence-corrected chi connectivity index (χ4v) is 2.82. The Morgan fingerprint density at radius 2 is 2.00 bits per heavy atom. The number of hydrogen-bond donors (Lipinski definition) is 2. The van der Waals surface area contributed by atoms with E-state index >= 15 is 0 Å². The maximum atomic E-state index is 13.3. The summed E-state index contributed by atoms with van der Waals surface area (Å²) in [4.78, 5) is 25.6. The van der Waals surface area contributed by atoms with E-state index in [-0.39, 0.29) is 24.4 Å². The fraction of sp³-hybridized carbons (Fsp3) is 0.263. The van der Waals surface area contributed by atoms with Crippen LogP contribution >= 0.6 is 0 Å². The van der Waals surface area contributed by atoms with E-state index in [4.69, 9.17) is 0 Å². The van der Waals surface area contributed by atoms with Gasteiger partial charge in [0.15, 0.2) is 0 Å². The molecule has 1 heterocycles. The normalized spacial score (nSPS) is 16.8. The van der Waals surface area contributed by atoms with Crippen LogP contribution in [0.3, 0.4) is 0 Å². The minimum Gasteiger partial charge on any atom is -0.334 e. The summed E-state index contributed by atoms with van der Waals surface area (Å²) in [6, 6.07) is 13.2. The van der Waals surface area contributed by atoms with Gasteiger partial charge < -0.3 is 15.5 Å². The number of nitrogens with zero attached hydrogens (tertiary/aromatic N) is 1. The summed E-state index contributed by atoms with van der Waals surface area (Å²) in [5.74, 6) is -0.521. The third-order valence-corrected chi connectivity index (χ3v) is 4.15. The van der Waals surface area contributed by atoms with E-state index in [9.17, 15) is 14.0 Å². The lowest BCUT2D eigenvalue weighted by molar-refractivity contribution is -0.117. The Morgan fingerprint density at radius 1 is 1.24 bits per heavy atom. The van der Waals surface area contributed by atoms with E-state index in [0.29, 0.717) is 18.8 Å². The molecule has 0 saturated carbocycles. The second kappa shape index (κ2) is 7.34. The van der Waals surface area contributed by atoms with E-state index < -0.39 is 5.82 Å². The Labute approximate surface area is 145 Å². The molecule has 130 valence electrons. The largest absolute Gasteiger partial charge is 0.334 e. The number of amides is 3. The number of carbonyl (C=O) groups is 2. The summed E-state index contributed by atoms with van der Waals surface area (Å²) in [5.41, 5.74) is 2.68. The molecule has 0 aromatic heterocycles. The van der Waals surface area contributed by atoms with Gasteiger partial charge in [-0.25, -0.2) is 9.18 Å². The quantitative estimate of drug-likeness (QED) is 0.898. The minimum absolute atomic E-state index is 0.130. The first-order valence-electron chi connectivity index (χ1n) is 8.17. The van der Waals surface area contributed by atoms with Crippen molar-refractivity contribution in [3.63, 3.8) is 0 Å². The second-order valence-electron chi connectivity index (χ2n) is 6.20. The van der Waals surface area contributed by atoms with Gasteiger partial charge >= 0.3 is 6.03 Å². The van der Waals surface area contributed by atoms with Crippen LogP contribution in [-0.4, -0.2) is 24.5 Å². The molecule has 2 N–H and O–H groups in total. The highest BCUT2D eigenvalue weighted by Gasteiger charge is 2.31. The predicted molar refractivity (Wildman–Crippen MR) is 93.7 cm³/mol. The van der Waals surface area contributed by atoms with Crippen LogP contribution in [0.15, 0.2) is 48.5 Å². The highest BCUT2D eigenvalue weighted by molar-refractivity contribution is 5.96. The number of rotatable bonds is 4. The Bertz CT molecular complexity index is 776. The lowest BCUT2D eigenvalue weighted by Gasteiger charge is -2.17. The van der Waals surface area contributed by atoms with Crippen molar-refractivity contribution in [2.75, 3.05) is 11.4 Å². The number of nitrogens with one attached hydrogen (secondary N) is 2. The fourth-order valence-electron chi connectivity index (χ4n) is 2.82. The number of aryl methyl sites for hydroxylation is 1. The van der Waals surface area contributed by atoms with Gasteiger partial charge in [0.2, 0.25) is 5.91 Å². The van der Waals surface area contributed by atoms with E-state index in [0.717, 1.165) is 11.1 Å². The molecule has 0 spiro atoms. The van der Waals surface area contributed by atoms with Crippen LogP contribution in [0.1, 0.15) is 17.5 Å². The van der Waals surface area contributed by atoms with E-state index in [1.165, 1.54) is 17.0 Å². The molecule has 3 rings (SSSR count). The molecule has 0 radical (unpaired) electrons. The molecule has 2 aromatic rings. The molecule has 25 heavy (non-hydrogen) atoms. The Hall–Kier alpha value is -2.89. The number of halogens is 1. The molecule has 1 saturated heterocycles. The van der Waals surface area contributed by atoms with Gasteiger partial charge in [0.05, 0.1) is 6.04 Å². The van der Waals surface area contributed by atoms with Crippen molar-refractivity contribution in [1.82, 2.24) is 10.6 Å². The zero-order valence-corrected chi connectivity index (χ0v) is 14.0. The summed E-state index contributed by atoms with van der Waals surface area (Å²) in [6.07, 6.45) is 0.203. The Balaban J connectivity index is 1.52. The van der Waals surface area contributed by atoms with Gasteiger partial charge in [0, 0.05) is 25.2 Å². The van der Waals surface area contributed by atoms with Gasteiger partial charge in [-0.3, -0.25) is 4.79 Å². The first-order chi connectivity index (χ1) is 12.0. The van der Waals surface area contributed by atoms with Crippen molar-refractivity contribution in [2.45, 2.75) is 25.9 Å². The van der Waals surface area contributed by atoms with Crippen molar-refractivity contribution < 1.29 is 14.0 Å². The Morgan fingerprint density at radius 3 is 2.72 bits per heavy atom. The molecule has 1 fully saturated rings. The number of hydrogen-bond acceptors (Lipinski definition) is 2. The van der Waals surface area contributed by atoms with Gasteiger partial charge in [-0.15, -0.1) is 0 Å². The maximum Gasteiger partial charge on any atom is 0.315 e. The van der Waals surface area contributed by atoms with E-state index in [1.807, 2.05) is 31.2 Å². The minimum atomic E-state index is -0.391. The number of carbonyl (C=O) groups excluding carboxylic acids is 2. The molecule has 0 aliphatic carbocycles. The summed E-state index contributed by atoms with van der Waals surface area (Å²) < 4.78 is 13.3. The van der Waals surface area contributed by atoms with Crippen molar-refractivity contribution >= 4 is 17.6 Å². The van der Waals surface area contributed by atoms with Gasteiger partial charge in [-0.2, -0.15) is 0 Å². The van der Waals surface area contributed by atoms with Crippen molar-refractivity contribution in [3.8, 4) is 0 Å². The van der Waals surface area contributed by atoms with E-state index in [1.54, 1.807) is 12.1 Å². The summed E-state index contributed by atoms with van der Waals surface area (Å²) in [6.45, 7) is 2.76. The number of urea groups is 1. The number of anilines is 1. The van der Waals surface area contributed by atoms with Crippen LogP contribution in [0, 0.1) is 12.7 Å². The predicted octanol–water partition coefficient (Wildman–Crippen LogP) is 2.74. The standard InChI is InChI=1S/C19H20FN3O2/c1-13-5-7-14(8-6-13)11-21-19(25)22-16-10-18(24)23(12-16)17-4-2-3-15(20)9-17/h2-9,16H,10-12H2,1H3,(H2,21,22,25)/t16-/m1/s1. The molecule has 3 amide bonds. The number of benzene rings is 2. The summed E-state index contributed by atoms with van der Waals surface area (Å²) >= 11 is 0. The Kier molecular flexibility index (Phi) is 4.97. The molecular weight excluding hydrogens is 321 g/mol. The van der Waals surface area contributed by atoms with Crippen LogP contribution in [0.5, 0.6) is 0 Å². The van der Waals surface area contributed by atoms with Crippen molar-refractivity contribution in [2.24, 2.45) is 0 Å². The molecular formula is C19H20FN3O2. The average Bonchev–Trinajstić information content (AvgIpc) is 2.94. The molecule has 0 unspecified atom stereocenters. The van der Waals surface area contributed by atoms with Crippen LogP contribution in [0.4, 0.5) is 14.9 Å². The van der Waals surface area contributed by atoms with E-state index in [2.05, 4.69) is 10.6 Å². The summed E-state index contributed by atoms with van der Waals surface area (Å²) in [7, 11) is 0. The van der Waals surface area contributed by atoms with Gasteiger partial charge in [0.25, 0.3) is 0 Å². The lowest BCUT2D eigenvalue weighted by atomic mass is 10.1. The third-order valence-electron chi connectivity index (χ3n) is 4.15. The highest BCUT2D eigenvalue weighted by atomic mass is 19.1. The lowest BCUT2D eigenvalue weighted by Crippen LogP contribution is -2.43. The molecule has 1 aliphatic heterocycles. The zero-order chi connectivity index (χ0) is 17.8. The highest BCUT2D eigenvalue weighted by Crippen LogP contribution is 2.22. The maximum absolute atomic E-state index is 13.3. The first kappa shape index (κ1) is 17.0. The summed E-state index contributed by atoms with van der Waals surface area (Å²) in [5, 5.41) is 5.58. The van der Waals surface area contributed by atoms with Gasteiger partial charge in [0.1, 0.15) is 5.82 Å². The average molecular weight is 341 g/mol. The van der Waals surface area contributed by atoms with Crippen LogP contribution in [0.25, 0.3) is 0 Å². The van der Waals surface area contributed by atoms with Crippen molar-refractivity contribution in [3.05, 3.63) is 65.5 Å². The zero-order valence-electron chi connectivity index (χ0n) is 14.0. The SMILES string of the molecule is Cc1ccc(CNC(=O)N[C@@H]2CC(=O)N(c3cccc(F)c3)C2)cc1.